The van der Waals surface area contributed by atoms with E-state index in [1.807, 2.05) is 0 Å². The Morgan fingerprint density at radius 1 is 1.56 bits per heavy atom. The van der Waals surface area contributed by atoms with Crippen molar-refractivity contribution in [1.29, 1.82) is 0 Å². The van der Waals surface area contributed by atoms with Crippen LogP contribution in [0.2, 0.25) is 0 Å². The number of amides is 1. The van der Waals surface area contributed by atoms with Crippen LogP contribution in [0.4, 0.5) is 0 Å². The van der Waals surface area contributed by atoms with Crippen molar-refractivity contribution >= 4 is 11.9 Å². The van der Waals surface area contributed by atoms with Gasteiger partial charge in [0.1, 0.15) is 5.69 Å². The molecule has 2 heterocycles. The van der Waals surface area contributed by atoms with Crippen LogP contribution in [0.5, 0.6) is 0 Å². The first kappa shape index (κ1) is 12.5. The molecule has 1 atom stereocenters. The van der Waals surface area contributed by atoms with E-state index in [1.54, 1.807) is 19.1 Å². The summed E-state index contributed by atoms with van der Waals surface area (Å²) in [6, 6.07) is 2.57. The van der Waals surface area contributed by atoms with E-state index in [0.29, 0.717) is 12.3 Å². The molecule has 1 amide bonds. The van der Waals surface area contributed by atoms with Crippen molar-refractivity contribution in [3.05, 3.63) is 29.6 Å². The summed E-state index contributed by atoms with van der Waals surface area (Å²) in [7, 11) is 0. The lowest BCUT2D eigenvalue weighted by molar-refractivity contribution is -0.147. The van der Waals surface area contributed by atoms with Crippen LogP contribution in [0.3, 0.4) is 0 Å². The van der Waals surface area contributed by atoms with Crippen LogP contribution >= 0.6 is 0 Å². The minimum atomic E-state index is -1.06. The van der Waals surface area contributed by atoms with E-state index < -0.39 is 12.0 Å². The number of carbonyl (C=O) groups is 2. The fourth-order valence-electron chi connectivity index (χ4n) is 1.90. The van der Waals surface area contributed by atoms with E-state index in [-0.39, 0.29) is 19.1 Å². The number of nitrogens with zero attached hydrogens (tertiary/aromatic N) is 2. The Balaban J connectivity index is 2.27. The number of morpholine rings is 1. The molecular weight excluding hydrogens is 236 g/mol. The molecule has 0 saturated carbocycles. The van der Waals surface area contributed by atoms with Gasteiger partial charge in [-0.05, 0) is 18.6 Å². The lowest BCUT2D eigenvalue weighted by Crippen LogP contribution is -2.52. The summed E-state index contributed by atoms with van der Waals surface area (Å²) >= 11 is 0. The quantitative estimate of drug-likeness (QED) is 0.817. The van der Waals surface area contributed by atoms with Gasteiger partial charge in [-0.15, -0.1) is 0 Å². The average molecular weight is 250 g/mol. The Bertz CT molecular complexity index is 475. The summed E-state index contributed by atoms with van der Waals surface area (Å²) in [6.45, 7) is 2.41. The van der Waals surface area contributed by atoms with E-state index >= 15 is 0 Å². The normalized spacial score (nSPS) is 19.6. The largest absolute Gasteiger partial charge is 0.480 e. The number of ether oxygens (including phenoxy) is 1. The Morgan fingerprint density at radius 2 is 2.33 bits per heavy atom. The van der Waals surface area contributed by atoms with E-state index in [2.05, 4.69) is 4.98 Å². The molecule has 0 radical (unpaired) electrons. The van der Waals surface area contributed by atoms with Crippen LogP contribution in [0.1, 0.15) is 16.1 Å². The highest BCUT2D eigenvalue weighted by atomic mass is 16.5. The van der Waals surface area contributed by atoms with Crippen molar-refractivity contribution in [1.82, 2.24) is 9.88 Å². The van der Waals surface area contributed by atoms with Crippen molar-refractivity contribution in [2.45, 2.75) is 13.0 Å². The molecule has 0 aromatic carbocycles. The van der Waals surface area contributed by atoms with Gasteiger partial charge in [0, 0.05) is 12.7 Å². The van der Waals surface area contributed by atoms with E-state index in [1.165, 1.54) is 11.1 Å². The van der Waals surface area contributed by atoms with Gasteiger partial charge in [0.15, 0.2) is 6.04 Å². The second kappa shape index (κ2) is 5.14. The predicted octanol–water partition coefficient (Wildman–Crippen LogP) is 0.316. The highest BCUT2D eigenvalue weighted by Gasteiger charge is 2.34. The summed E-state index contributed by atoms with van der Waals surface area (Å²) in [5, 5.41) is 9.08. The summed E-state index contributed by atoms with van der Waals surface area (Å²) in [5.74, 6) is -1.42. The maximum Gasteiger partial charge on any atom is 0.328 e. The minimum absolute atomic E-state index is 0.0208. The maximum absolute atomic E-state index is 12.3. The fraction of sp³-hybridized carbons (Fsp3) is 0.417. The average Bonchev–Trinajstić information content (AvgIpc) is 2.38. The van der Waals surface area contributed by atoms with E-state index in [0.717, 1.165) is 5.56 Å². The Morgan fingerprint density at radius 3 is 3.00 bits per heavy atom. The molecule has 1 aliphatic rings. The molecule has 18 heavy (non-hydrogen) atoms. The third-order valence-corrected chi connectivity index (χ3v) is 2.89. The zero-order chi connectivity index (χ0) is 13.1. The molecule has 96 valence electrons. The SMILES string of the molecule is Cc1cccnc1C(=O)N1CCOCC1C(=O)O. The van der Waals surface area contributed by atoms with Gasteiger partial charge < -0.3 is 14.7 Å². The summed E-state index contributed by atoms with van der Waals surface area (Å²) in [5.41, 5.74) is 1.03. The molecule has 1 aliphatic heterocycles. The van der Waals surface area contributed by atoms with Crippen molar-refractivity contribution in [2.24, 2.45) is 0 Å². The second-order valence-corrected chi connectivity index (χ2v) is 4.10. The standard InChI is InChI=1S/C12H14N2O4/c1-8-3-2-4-13-10(8)11(15)14-5-6-18-7-9(14)12(16)17/h2-4,9H,5-7H2,1H3,(H,16,17). The molecular formula is C12H14N2O4. The number of carboxylic acid groups (broad SMARTS) is 1. The summed E-state index contributed by atoms with van der Waals surface area (Å²) in [6.07, 6.45) is 1.52. The summed E-state index contributed by atoms with van der Waals surface area (Å²) in [4.78, 5) is 28.7. The number of rotatable bonds is 2. The highest BCUT2D eigenvalue weighted by molar-refractivity contribution is 5.96. The third kappa shape index (κ3) is 2.33. The lowest BCUT2D eigenvalue weighted by Gasteiger charge is -2.32. The van der Waals surface area contributed by atoms with Gasteiger partial charge in [-0.1, -0.05) is 6.07 Å². The highest BCUT2D eigenvalue weighted by Crippen LogP contribution is 2.13. The van der Waals surface area contributed by atoms with Gasteiger partial charge in [0.2, 0.25) is 0 Å². The van der Waals surface area contributed by atoms with Gasteiger partial charge in [0.05, 0.1) is 13.2 Å². The van der Waals surface area contributed by atoms with Crippen LogP contribution < -0.4 is 0 Å². The van der Waals surface area contributed by atoms with Crippen LogP contribution in [0.25, 0.3) is 0 Å². The van der Waals surface area contributed by atoms with Crippen LogP contribution in [-0.4, -0.2) is 52.7 Å². The Hall–Kier alpha value is -1.95. The number of pyridine rings is 1. The minimum Gasteiger partial charge on any atom is -0.480 e. The van der Waals surface area contributed by atoms with Gasteiger partial charge in [-0.2, -0.15) is 0 Å². The number of hydrogen-bond acceptors (Lipinski definition) is 4. The van der Waals surface area contributed by atoms with Crippen molar-refractivity contribution in [3.63, 3.8) is 0 Å². The molecule has 0 spiro atoms. The molecule has 1 aromatic heterocycles. The zero-order valence-electron chi connectivity index (χ0n) is 10.00. The number of hydrogen-bond donors (Lipinski definition) is 1. The topological polar surface area (TPSA) is 79.7 Å². The third-order valence-electron chi connectivity index (χ3n) is 2.89. The zero-order valence-corrected chi connectivity index (χ0v) is 10.00. The van der Waals surface area contributed by atoms with Gasteiger partial charge in [-0.3, -0.25) is 9.78 Å². The molecule has 6 heteroatoms. The van der Waals surface area contributed by atoms with Crippen molar-refractivity contribution in [3.8, 4) is 0 Å². The van der Waals surface area contributed by atoms with Crippen LogP contribution in [0, 0.1) is 6.92 Å². The van der Waals surface area contributed by atoms with E-state index in [4.69, 9.17) is 9.84 Å². The molecule has 1 unspecified atom stereocenters. The lowest BCUT2D eigenvalue weighted by atomic mass is 10.1. The number of aliphatic carboxylic acids is 1. The van der Waals surface area contributed by atoms with Crippen molar-refractivity contribution < 1.29 is 19.4 Å². The fourth-order valence-corrected chi connectivity index (χ4v) is 1.90. The predicted molar refractivity (Wildman–Crippen MR) is 62.3 cm³/mol. The van der Waals surface area contributed by atoms with Crippen LogP contribution in [-0.2, 0) is 9.53 Å². The van der Waals surface area contributed by atoms with Gasteiger partial charge in [-0.25, -0.2) is 4.79 Å². The van der Waals surface area contributed by atoms with Crippen molar-refractivity contribution in [2.75, 3.05) is 19.8 Å². The monoisotopic (exact) mass is 250 g/mol. The molecule has 1 saturated heterocycles. The number of aromatic nitrogens is 1. The Labute approximate surface area is 104 Å². The number of aryl methyl sites for hydroxylation is 1. The van der Waals surface area contributed by atoms with Gasteiger partial charge in [0.25, 0.3) is 5.91 Å². The second-order valence-electron chi connectivity index (χ2n) is 4.10. The molecule has 6 nitrogen and oxygen atoms in total. The Kier molecular flexibility index (Phi) is 3.57. The molecule has 1 fully saturated rings. The molecule has 2 rings (SSSR count). The summed E-state index contributed by atoms with van der Waals surface area (Å²) < 4.78 is 5.09. The first-order valence-electron chi connectivity index (χ1n) is 5.64. The number of carbonyl (C=O) groups excluding carboxylic acids is 1. The molecule has 0 bridgehead atoms. The number of carboxylic acids is 1. The molecule has 0 aliphatic carbocycles. The first-order chi connectivity index (χ1) is 8.61. The smallest absolute Gasteiger partial charge is 0.328 e. The molecule has 1 aromatic rings. The molecule has 1 N–H and O–H groups in total. The van der Waals surface area contributed by atoms with Gasteiger partial charge >= 0.3 is 5.97 Å². The maximum atomic E-state index is 12.3. The van der Waals surface area contributed by atoms with Crippen LogP contribution in [0.15, 0.2) is 18.3 Å². The first-order valence-corrected chi connectivity index (χ1v) is 5.64. The van der Waals surface area contributed by atoms with E-state index in [9.17, 15) is 9.59 Å².